The van der Waals surface area contributed by atoms with Gasteiger partial charge in [0.25, 0.3) is 0 Å². The molecule has 0 aliphatic rings. The van der Waals surface area contributed by atoms with Gasteiger partial charge in [0.15, 0.2) is 0 Å². The highest BCUT2D eigenvalue weighted by molar-refractivity contribution is 5.91. The Morgan fingerprint density at radius 2 is 1.96 bits per heavy atom. The summed E-state index contributed by atoms with van der Waals surface area (Å²) >= 11 is 0. The maximum atomic E-state index is 13.9. The van der Waals surface area contributed by atoms with Crippen molar-refractivity contribution in [3.63, 3.8) is 0 Å². The van der Waals surface area contributed by atoms with Crippen molar-refractivity contribution in [2.45, 2.75) is 6.54 Å². The van der Waals surface area contributed by atoms with E-state index in [2.05, 4.69) is 4.98 Å². The number of likely N-dealkylation sites (N-methyl/N-ethyl adjacent to an activating group) is 1. The molecule has 126 valence electrons. The van der Waals surface area contributed by atoms with E-state index in [4.69, 9.17) is 0 Å². The van der Waals surface area contributed by atoms with Gasteiger partial charge in [-0.1, -0.05) is 24.3 Å². The fourth-order valence-electron chi connectivity index (χ4n) is 2.17. The minimum atomic E-state index is -0.295. The van der Waals surface area contributed by atoms with Gasteiger partial charge in [0, 0.05) is 43.7 Å². The Kier molecular flexibility index (Phi) is 6.63. The van der Waals surface area contributed by atoms with Crippen LogP contribution in [0.5, 0.6) is 0 Å². The average Bonchev–Trinajstić information content (AvgIpc) is 2.58. The Morgan fingerprint density at radius 3 is 2.62 bits per heavy atom. The molecule has 0 bridgehead atoms. The Bertz CT molecular complexity index is 686. The molecular formula is C19H22FN3O. The zero-order chi connectivity index (χ0) is 17.4. The fourth-order valence-corrected chi connectivity index (χ4v) is 2.17. The Morgan fingerprint density at radius 1 is 1.17 bits per heavy atom. The maximum Gasteiger partial charge on any atom is 0.246 e. The van der Waals surface area contributed by atoms with Crippen molar-refractivity contribution >= 4 is 12.0 Å². The van der Waals surface area contributed by atoms with E-state index in [-0.39, 0.29) is 18.3 Å². The Labute approximate surface area is 142 Å². The lowest BCUT2D eigenvalue weighted by atomic mass is 10.2. The zero-order valence-corrected chi connectivity index (χ0v) is 14.0. The van der Waals surface area contributed by atoms with Gasteiger partial charge in [-0.15, -0.1) is 0 Å². The highest BCUT2D eigenvalue weighted by atomic mass is 19.1. The summed E-state index contributed by atoms with van der Waals surface area (Å²) in [5.74, 6) is -0.444. The average molecular weight is 327 g/mol. The largest absolute Gasteiger partial charge is 0.333 e. The molecule has 0 fully saturated rings. The van der Waals surface area contributed by atoms with Crippen LogP contribution in [-0.2, 0) is 11.3 Å². The van der Waals surface area contributed by atoms with E-state index in [1.807, 2.05) is 31.1 Å². The SMILES string of the molecule is CN(C)CCN(Cc1ccccc1F)C(=O)/C=C/c1cccnc1. The van der Waals surface area contributed by atoms with Gasteiger partial charge in [-0.2, -0.15) is 0 Å². The van der Waals surface area contributed by atoms with Crippen molar-refractivity contribution in [3.8, 4) is 0 Å². The van der Waals surface area contributed by atoms with Gasteiger partial charge in [0.2, 0.25) is 5.91 Å². The molecule has 0 spiro atoms. The lowest BCUT2D eigenvalue weighted by Gasteiger charge is -2.23. The number of hydrogen-bond donors (Lipinski definition) is 0. The minimum Gasteiger partial charge on any atom is -0.333 e. The standard InChI is InChI=1S/C19H22FN3O/c1-22(2)12-13-23(15-17-7-3-4-8-18(17)20)19(24)10-9-16-6-5-11-21-14-16/h3-11,14H,12-13,15H2,1-2H3/b10-9+. The number of hydrogen-bond acceptors (Lipinski definition) is 3. The molecule has 2 aromatic rings. The second-order valence-electron chi connectivity index (χ2n) is 5.77. The van der Waals surface area contributed by atoms with Gasteiger partial charge in [-0.05, 0) is 37.9 Å². The number of rotatable bonds is 7. The second-order valence-corrected chi connectivity index (χ2v) is 5.77. The van der Waals surface area contributed by atoms with E-state index in [0.717, 1.165) is 5.56 Å². The van der Waals surface area contributed by atoms with Crippen LogP contribution in [0.4, 0.5) is 4.39 Å². The summed E-state index contributed by atoms with van der Waals surface area (Å²) < 4.78 is 13.9. The molecule has 4 nitrogen and oxygen atoms in total. The lowest BCUT2D eigenvalue weighted by molar-refractivity contribution is -0.126. The first-order valence-corrected chi connectivity index (χ1v) is 7.81. The summed E-state index contributed by atoms with van der Waals surface area (Å²) in [5.41, 5.74) is 1.36. The van der Waals surface area contributed by atoms with Crippen molar-refractivity contribution in [3.05, 3.63) is 71.8 Å². The quantitative estimate of drug-likeness (QED) is 0.734. The molecular weight excluding hydrogens is 305 g/mol. The van der Waals surface area contributed by atoms with Gasteiger partial charge in [0.05, 0.1) is 0 Å². The second kappa shape index (κ2) is 8.93. The first-order valence-electron chi connectivity index (χ1n) is 7.81. The molecule has 0 radical (unpaired) electrons. The topological polar surface area (TPSA) is 36.4 Å². The summed E-state index contributed by atoms with van der Waals surface area (Å²) in [6.45, 7) is 1.48. The number of carbonyl (C=O) groups is 1. The predicted octanol–water partition coefficient (Wildman–Crippen LogP) is 2.82. The van der Waals surface area contributed by atoms with Crippen LogP contribution in [0.2, 0.25) is 0 Å². The van der Waals surface area contributed by atoms with E-state index in [9.17, 15) is 9.18 Å². The number of carbonyl (C=O) groups excluding carboxylic acids is 1. The van der Waals surface area contributed by atoms with E-state index in [1.165, 1.54) is 12.1 Å². The molecule has 0 aliphatic heterocycles. The van der Waals surface area contributed by atoms with Crippen LogP contribution in [0.1, 0.15) is 11.1 Å². The maximum absolute atomic E-state index is 13.9. The first-order chi connectivity index (χ1) is 11.6. The van der Waals surface area contributed by atoms with E-state index in [1.54, 1.807) is 41.6 Å². The number of aromatic nitrogens is 1. The monoisotopic (exact) mass is 327 g/mol. The normalized spacial score (nSPS) is 11.2. The molecule has 0 saturated heterocycles. The van der Waals surface area contributed by atoms with E-state index >= 15 is 0 Å². The molecule has 24 heavy (non-hydrogen) atoms. The predicted molar refractivity (Wildman–Crippen MR) is 93.6 cm³/mol. The highest BCUT2D eigenvalue weighted by Gasteiger charge is 2.13. The third-order valence-corrected chi connectivity index (χ3v) is 3.55. The molecule has 2 rings (SSSR count). The first kappa shape index (κ1) is 17.8. The van der Waals surface area contributed by atoms with Gasteiger partial charge in [-0.3, -0.25) is 9.78 Å². The third-order valence-electron chi connectivity index (χ3n) is 3.55. The molecule has 0 atom stereocenters. The summed E-state index contributed by atoms with van der Waals surface area (Å²) in [5, 5.41) is 0. The number of amides is 1. The van der Waals surface area contributed by atoms with Gasteiger partial charge < -0.3 is 9.80 Å². The van der Waals surface area contributed by atoms with Crippen LogP contribution in [0.15, 0.2) is 54.9 Å². The molecule has 0 unspecified atom stereocenters. The Balaban J connectivity index is 2.11. The number of halogens is 1. The summed E-state index contributed by atoms with van der Waals surface area (Å²) in [4.78, 5) is 20.2. The van der Waals surface area contributed by atoms with E-state index in [0.29, 0.717) is 18.7 Å². The molecule has 0 N–H and O–H groups in total. The van der Waals surface area contributed by atoms with Crippen molar-refractivity contribution in [1.29, 1.82) is 0 Å². The summed E-state index contributed by atoms with van der Waals surface area (Å²) in [6, 6.07) is 10.2. The zero-order valence-electron chi connectivity index (χ0n) is 14.0. The van der Waals surface area contributed by atoms with Crippen molar-refractivity contribution in [2.75, 3.05) is 27.2 Å². The lowest BCUT2D eigenvalue weighted by Crippen LogP contribution is -2.35. The van der Waals surface area contributed by atoms with Crippen molar-refractivity contribution < 1.29 is 9.18 Å². The van der Waals surface area contributed by atoms with Crippen molar-refractivity contribution in [2.24, 2.45) is 0 Å². The number of nitrogens with zero attached hydrogens (tertiary/aromatic N) is 3. The molecule has 1 aromatic heterocycles. The van der Waals surface area contributed by atoms with Crippen LogP contribution < -0.4 is 0 Å². The molecule has 0 aliphatic carbocycles. The molecule has 1 heterocycles. The van der Waals surface area contributed by atoms with Gasteiger partial charge in [0.1, 0.15) is 5.82 Å². The Hall–Kier alpha value is -2.53. The summed E-state index contributed by atoms with van der Waals surface area (Å²) in [7, 11) is 3.88. The van der Waals surface area contributed by atoms with Gasteiger partial charge in [-0.25, -0.2) is 4.39 Å². The van der Waals surface area contributed by atoms with Gasteiger partial charge >= 0.3 is 0 Å². The van der Waals surface area contributed by atoms with Crippen molar-refractivity contribution in [1.82, 2.24) is 14.8 Å². The molecule has 1 amide bonds. The smallest absolute Gasteiger partial charge is 0.246 e. The van der Waals surface area contributed by atoms with Crippen LogP contribution >= 0.6 is 0 Å². The molecule has 1 aromatic carbocycles. The number of benzene rings is 1. The number of pyridine rings is 1. The highest BCUT2D eigenvalue weighted by Crippen LogP contribution is 2.11. The van der Waals surface area contributed by atoms with Crippen LogP contribution in [0.25, 0.3) is 6.08 Å². The molecule has 5 heteroatoms. The summed E-state index contributed by atoms with van der Waals surface area (Å²) in [6.07, 6.45) is 6.60. The minimum absolute atomic E-state index is 0.149. The van der Waals surface area contributed by atoms with Crippen LogP contribution in [-0.4, -0.2) is 47.9 Å². The van der Waals surface area contributed by atoms with Crippen LogP contribution in [0, 0.1) is 5.82 Å². The van der Waals surface area contributed by atoms with Crippen LogP contribution in [0.3, 0.4) is 0 Å². The third kappa shape index (κ3) is 5.59. The van der Waals surface area contributed by atoms with E-state index < -0.39 is 0 Å². The molecule has 0 saturated carbocycles. The fraction of sp³-hybridized carbons (Fsp3) is 0.263.